The Morgan fingerprint density at radius 2 is 2.18 bits per heavy atom. The summed E-state index contributed by atoms with van der Waals surface area (Å²) in [7, 11) is 0. The highest BCUT2D eigenvalue weighted by molar-refractivity contribution is 7.11. The van der Waals surface area contributed by atoms with Crippen molar-refractivity contribution >= 4 is 22.9 Å². The van der Waals surface area contributed by atoms with Gasteiger partial charge in [-0.05, 0) is 31.2 Å². The summed E-state index contributed by atoms with van der Waals surface area (Å²) in [5.41, 5.74) is 0.730. The van der Waals surface area contributed by atoms with Crippen molar-refractivity contribution < 1.29 is 9.53 Å². The van der Waals surface area contributed by atoms with E-state index in [-0.39, 0.29) is 5.91 Å². The van der Waals surface area contributed by atoms with Crippen molar-refractivity contribution in [3.63, 3.8) is 0 Å². The van der Waals surface area contributed by atoms with Gasteiger partial charge in [0.1, 0.15) is 5.75 Å². The number of carbonyl (C=O) groups is 1. The second-order valence-electron chi connectivity index (χ2n) is 3.25. The lowest BCUT2D eigenvalue weighted by molar-refractivity contribution is 0.102. The number of hydrogen-bond donors (Lipinski definition) is 1. The number of carbonyl (C=O) groups excluding carboxylic acids is 1. The van der Waals surface area contributed by atoms with Crippen LogP contribution in [0.1, 0.15) is 16.7 Å². The number of anilines is 1. The Hall–Kier alpha value is -1.88. The topological polar surface area (TPSA) is 51.2 Å². The molecule has 1 heterocycles. The largest absolute Gasteiger partial charge is 0.494 e. The summed E-state index contributed by atoms with van der Waals surface area (Å²) in [4.78, 5) is 15.6. The summed E-state index contributed by atoms with van der Waals surface area (Å²) in [5.74, 6) is 0.601. The van der Waals surface area contributed by atoms with E-state index in [1.54, 1.807) is 23.7 Å². The van der Waals surface area contributed by atoms with Crippen LogP contribution in [0, 0.1) is 0 Å². The molecule has 0 radical (unpaired) electrons. The molecule has 0 aliphatic carbocycles. The number of amides is 1. The Morgan fingerprint density at radius 3 is 2.76 bits per heavy atom. The van der Waals surface area contributed by atoms with Gasteiger partial charge in [-0.3, -0.25) is 4.79 Å². The normalized spacial score (nSPS) is 9.94. The third-order valence-electron chi connectivity index (χ3n) is 2.05. The van der Waals surface area contributed by atoms with Crippen LogP contribution in [0.2, 0.25) is 0 Å². The quantitative estimate of drug-likeness (QED) is 0.905. The van der Waals surface area contributed by atoms with Crippen LogP contribution in [0.4, 0.5) is 5.69 Å². The van der Waals surface area contributed by atoms with E-state index < -0.39 is 0 Å². The molecule has 88 valence electrons. The van der Waals surface area contributed by atoms with Crippen molar-refractivity contribution in [2.24, 2.45) is 0 Å². The number of nitrogens with zero attached hydrogens (tertiary/aromatic N) is 1. The molecular formula is C12H12N2O2S. The molecule has 2 aromatic rings. The fraction of sp³-hybridized carbons (Fsp3) is 0.167. The van der Waals surface area contributed by atoms with Crippen LogP contribution < -0.4 is 10.1 Å². The Kier molecular flexibility index (Phi) is 3.72. The van der Waals surface area contributed by atoms with Crippen molar-refractivity contribution in [1.82, 2.24) is 4.98 Å². The Labute approximate surface area is 103 Å². The van der Waals surface area contributed by atoms with E-state index in [1.807, 2.05) is 19.1 Å². The van der Waals surface area contributed by atoms with Gasteiger partial charge in [0, 0.05) is 17.3 Å². The van der Waals surface area contributed by atoms with E-state index in [2.05, 4.69) is 10.3 Å². The molecule has 1 N–H and O–H groups in total. The van der Waals surface area contributed by atoms with E-state index in [0.29, 0.717) is 11.6 Å². The predicted octanol–water partition coefficient (Wildman–Crippen LogP) is 2.79. The van der Waals surface area contributed by atoms with Crippen LogP contribution in [0.5, 0.6) is 5.75 Å². The first-order chi connectivity index (χ1) is 8.29. The van der Waals surface area contributed by atoms with Gasteiger partial charge in [0.05, 0.1) is 6.61 Å². The second-order valence-corrected chi connectivity index (χ2v) is 4.14. The molecule has 5 heteroatoms. The lowest BCUT2D eigenvalue weighted by Gasteiger charge is -2.05. The van der Waals surface area contributed by atoms with Gasteiger partial charge in [-0.25, -0.2) is 4.98 Å². The number of thiazole rings is 1. The molecule has 17 heavy (non-hydrogen) atoms. The molecule has 0 aliphatic heterocycles. The van der Waals surface area contributed by atoms with E-state index >= 15 is 0 Å². The number of nitrogens with one attached hydrogen (secondary N) is 1. The highest BCUT2D eigenvalue weighted by atomic mass is 32.1. The molecule has 1 aromatic carbocycles. The van der Waals surface area contributed by atoms with Crippen LogP contribution in [0.3, 0.4) is 0 Å². The van der Waals surface area contributed by atoms with E-state index in [0.717, 1.165) is 11.4 Å². The van der Waals surface area contributed by atoms with Crippen LogP contribution in [0.25, 0.3) is 0 Å². The maximum absolute atomic E-state index is 11.7. The van der Waals surface area contributed by atoms with Crippen LogP contribution in [-0.2, 0) is 0 Å². The van der Waals surface area contributed by atoms with Gasteiger partial charge in [-0.2, -0.15) is 0 Å². The number of aromatic nitrogens is 1. The Balaban J connectivity index is 2.01. The maximum Gasteiger partial charge on any atom is 0.284 e. The van der Waals surface area contributed by atoms with Crippen molar-refractivity contribution in [3.05, 3.63) is 40.8 Å². The molecular weight excluding hydrogens is 236 g/mol. The third kappa shape index (κ3) is 3.04. The molecule has 0 aliphatic rings. The van der Waals surface area contributed by atoms with Crippen molar-refractivity contribution in [2.75, 3.05) is 11.9 Å². The van der Waals surface area contributed by atoms with Crippen molar-refractivity contribution in [3.8, 4) is 5.75 Å². The van der Waals surface area contributed by atoms with Crippen molar-refractivity contribution in [2.45, 2.75) is 6.92 Å². The number of ether oxygens (including phenoxy) is 1. The van der Waals surface area contributed by atoms with Crippen LogP contribution >= 0.6 is 11.3 Å². The molecule has 0 bridgehead atoms. The van der Waals surface area contributed by atoms with Gasteiger partial charge >= 0.3 is 0 Å². The molecule has 0 unspecified atom stereocenters. The summed E-state index contributed by atoms with van der Waals surface area (Å²) in [5, 5.41) is 5.00. The Bertz CT molecular complexity index is 480. The molecule has 1 aromatic heterocycles. The average molecular weight is 248 g/mol. The molecule has 4 nitrogen and oxygen atoms in total. The Morgan fingerprint density at radius 1 is 1.41 bits per heavy atom. The lowest BCUT2D eigenvalue weighted by atomic mass is 10.3. The predicted molar refractivity (Wildman–Crippen MR) is 67.7 cm³/mol. The van der Waals surface area contributed by atoms with Gasteiger partial charge in [0.2, 0.25) is 0 Å². The highest BCUT2D eigenvalue weighted by Crippen LogP contribution is 2.16. The smallest absolute Gasteiger partial charge is 0.284 e. The third-order valence-corrected chi connectivity index (χ3v) is 2.82. The van der Waals surface area contributed by atoms with Crippen LogP contribution in [-0.4, -0.2) is 17.5 Å². The van der Waals surface area contributed by atoms with E-state index in [1.165, 1.54) is 11.3 Å². The molecule has 0 atom stereocenters. The first kappa shape index (κ1) is 11.6. The minimum absolute atomic E-state index is 0.191. The maximum atomic E-state index is 11.7. The van der Waals surface area contributed by atoms with E-state index in [4.69, 9.17) is 4.74 Å². The van der Waals surface area contributed by atoms with E-state index in [9.17, 15) is 4.79 Å². The number of rotatable bonds is 4. The average Bonchev–Trinajstić information content (AvgIpc) is 2.86. The molecule has 0 spiro atoms. The van der Waals surface area contributed by atoms with Gasteiger partial charge in [-0.15, -0.1) is 11.3 Å². The summed E-state index contributed by atoms with van der Waals surface area (Å²) in [6, 6.07) is 7.24. The fourth-order valence-corrected chi connectivity index (χ4v) is 1.85. The number of benzene rings is 1. The monoisotopic (exact) mass is 248 g/mol. The highest BCUT2D eigenvalue weighted by Gasteiger charge is 2.08. The van der Waals surface area contributed by atoms with Gasteiger partial charge in [-0.1, -0.05) is 0 Å². The van der Waals surface area contributed by atoms with Gasteiger partial charge < -0.3 is 10.1 Å². The summed E-state index contributed by atoms with van der Waals surface area (Å²) < 4.78 is 5.32. The molecule has 0 saturated carbocycles. The standard InChI is InChI=1S/C12H12N2O2S/c1-2-16-10-5-3-9(4-6-10)14-11(15)12-13-7-8-17-12/h3-8H,2H2,1H3,(H,14,15). The SMILES string of the molecule is CCOc1ccc(NC(=O)c2nccs2)cc1. The first-order valence-electron chi connectivity index (χ1n) is 5.23. The summed E-state index contributed by atoms with van der Waals surface area (Å²) >= 11 is 1.31. The zero-order valence-electron chi connectivity index (χ0n) is 9.34. The van der Waals surface area contributed by atoms with Gasteiger partial charge in [0.15, 0.2) is 5.01 Å². The van der Waals surface area contributed by atoms with Crippen molar-refractivity contribution in [1.29, 1.82) is 0 Å². The summed E-state index contributed by atoms with van der Waals surface area (Å²) in [6.45, 7) is 2.56. The summed E-state index contributed by atoms with van der Waals surface area (Å²) in [6.07, 6.45) is 1.61. The molecule has 0 saturated heterocycles. The number of hydrogen-bond acceptors (Lipinski definition) is 4. The minimum atomic E-state index is -0.191. The second kappa shape index (κ2) is 5.45. The van der Waals surface area contributed by atoms with Crippen LogP contribution in [0.15, 0.2) is 35.8 Å². The van der Waals surface area contributed by atoms with Gasteiger partial charge in [0.25, 0.3) is 5.91 Å². The minimum Gasteiger partial charge on any atom is -0.494 e. The first-order valence-corrected chi connectivity index (χ1v) is 6.11. The zero-order chi connectivity index (χ0) is 12.1. The molecule has 0 fully saturated rings. The lowest BCUT2D eigenvalue weighted by Crippen LogP contribution is -2.11. The fourth-order valence-electron chi connectivity index (χ4n) is 1.32. The zero-order valence-corrected chi connectivity index (χ0v) is 10.2. The molecule has 1 amide bonds. The molecule has 2 rings (SSSR count).